The number of hydrogen-bond acceptors (Lipinski definition) is 5. The van der Waals surface area contributed by atoms with Crippen LogP contribution in [0.1, 0.15) is 26.2 Å². The van der Waals surface area contributed by atoms with E-state index in [0.717, 1.165) is 46.8 Å². The van der Waals surface area contributed by atoms with E-state index in [1.54, 1.807) is 20.3 Å². The van der Waals surface area contributed by atoms with E-state index >= 15 is 0 Å². The van der Waals surface area contributed by atoms with Crippen molar-refractivity contribution in [1.82, 2.24) is 4.72 Å². The Kier molecular flexibility index (Phi) is 6.36. The summed E-state index contributed by atoms with van der Waals surface area (Å²) in [4.78, 5) is 0.886. The van der Waals surface area contributed by atoms with Crippen LogP contribution in [0.3, 0.4) is 0 Å². The average molecular weight is 458 g/mol. The Morgan fingerprint density at radius 3 is 2.74 bits per heavy atom. The van der Waals surface area contributed by atoms with Crippen LogP contribution in [-0.4, -0.2) is 28.7 Å². The van der Waals surface area contributed by atoms with Crippen LogP contribution in [0.4, 0.5) is 0 Å². The Hall–Kier alpha value is -2.35. The average Bonchev–Trinajstić information content (AvgIpc) is 3.17. The SMILES string of the molecule is COC1=CC2=C(CC=C1)CC(C)CC2NS(=O)(=O)c1ccc(-c2cccc(OC)c2)s1. The fourth-order valence-corrected chi connectivity index (χ4v) is 6.75. The van der Waals surface area contributed by atoms with Crippen LogP contribution in [-0.2, 0) is 14.8 Å². The Labute approximate surface area is 188 Å². The number of sulfonamides is 1. The summed E-state index contributed by atoms with van der Waals surface area (Å²) in [6.45, 7) is 2.17. The molecule has 2 aliphatic rings. The van der Waals surface area contributed by atoms with Gasteiger partial charge in [-0.1, -0.05) is 30.7 Å². The van der Waals surface area contributed by atoms with Crippen LogP contribution >= 0.6 is 11.3 Å². The highest BCUT2D eigenvalue weighted by Crippen LogP contribution is 2.37. The molecule has 31 heavy (non-hydrogen) atoms. The van der Waals surface area contributed by atoms with Gasteiger partial charge in [0, 0.05) is 10.9 Å². The number of hydrogen-bond donors (Lipinski definition) is 1. The predicted molar refractivity (Wildman–Crippen MR) is 125 cm³/mol. The minimum Gasteiger partial charge on any atom is -0.497 e. The Balaban J connectivity index is 1.62. The van der Waals surface area contributed by atoms with Crippen LogP contribution in [0.5, 0.6) is 5.75 Å². The van der Waals surface area contributed by atoms with E-state index in [-0.39, 0.29) is 6.04 Å². The molecule has 0 amide bonds. The molecule has 2 unspecified atom stereocenters. The van der Waals surface area contributed by atoms with E-state index in [9.17, 15) is 8.42 Å². The lowest BCUT2D eigenvalue weighted by atomic mass is 9.81. The highest BCUT2D eigenvalue weighted by molar-refractivity contribution is 7.91. The molecule has 0 spiro atoms. The Bertz CT molecular complexity index is 1160. The predicted octanol–water partition coefficient (Wildman–Crippen LogP) is 5.29. The van der Waals surface area contributed by atoms with Gasteiger partial charge in [-0.3, -0.25) is 0 Å². The maximum absolute atomic E-state index is 13.3. The maximum Gasteiger partial charge on any atom is 0.250 e. The summed E-state index contributed by atoms with van der Waals surface area (Å²) in [5.74, 6) is 1.90. The molecule has 5 nitrogen and oxygen atoms in total. The second-order valence-corrected chi connectivity index (χ2v) is 11.0. The molecule has 0 saturated heterocycles. The van der Waals surface area contributed by atoms with E-state index in [1.165, 1.54) is 16.9 Å². The van der Waals surface area contributed by atoms with Gasteiger partial charge in [0.05, 0.1) is 14.2 Å². The highest BCUT2D eigenvalue weighted by Gasteiger charge is 2.31. The lowest BCUT2D eigenvalue weighted by Crippen LogP contribution is -2.39. The Morgan fingerprint density at radius 2 is 1.97 bits per heavy atom. The minimum absolute atomic E-state index is 0.267. The first-order valence-electron chi connectivity index (χ1n) is 10.3. The summed E-state index contributed by atoms with van der Waals surface area (Å²) < 4.78 is 40.6. The molecular weight excluding hydrogens is 430 g/mol. The smallest absolute Gasteiger partial charge is 0.250 e. The first-order chi connectivity index (χ1) is 14.9. The molecule has 4 rings (SSSR count). The summed E-state index contributed by atoms with van der Waals surface area (Å²) in [6, 6.07) is 10.9. The van der Waals surface area contributed by atoms with Crippen molar-refractivity contribution in [2.45, 2.75) is 36.4 Å². The fraction of sp³-hybridized carbons (Fsp3) is 0.333. The number of rotatable bonds is 6. The highest BCUT2D eigenvalue weighted by atomic mass is 32.2. The summed E-state index contributed by atoms with van der Waals surface area (Å²) in [7, 11) is -0.404. The molecule has 1 aromatic heterocycles. The van der Waals surface area contributed by atoms with Crippen molar-refractivity contribution in [3.05, 3.63) is 71.5 Å². The number of nitrogens with one attached hydrogen (secondary N) is 1. The molecule has 164 valence electrons. The fourth-order valence-electron chi connectivity index (χ4n) is 4.20. The molecule has 2 aliphatic carbocycles. The Morgan fingerprint density at radius 1 is 1.13 bits per heavy atom. The van der Waals surface area contributed by atoms with Gasteiger partial charge in [0.25, 0.3) is 10.0 Å². The van der Waals surface area contributed by atoms with E-state index in [2.05, 4.69) is 17.7 Å². The number of ether oxygens (including phenoxy) is 2. The van der Waals surface area contributed by atoms with Crippen molar-refractivity contribution in [1.29, 1.82) is 0 Å². The lowest BCUT2D eigenvalue weighted by Gasteiger charge is -2.31. The normalized spacial score (nSPS) is 21.3. The van der Waals surface area contributed by atoms with E-state index in [0.29, 0.717) is 10.1 Å². The third-order valence-electron chi connectivity index (χ3n) is 5.69. The second-order valence-electron chi connectivity index (χ2n) is 7.99. The number of benzene rings is 1. The molecule has 1 N–H and O–H groups in total. The van der Waals surface area contributed by atoms with Crippen LogP contribution in [0, 0.1) is 5.92 Å². The maximum atomic E-state index is 13.3. The third-order valence-corrected chi connectivity index (χ3v) is 8.79. The van der Waals surface area contributed by atoms with E-state index in [4.69, 9.17) is 9.47 Å². The number of thiophene rings is 1. The van der Waals surface area contributed by atoms with Crippen molar-refractivity contribution in [3.63, 3.8) is 0 Å². The summed E-state index contributed by atoms with van der Waals surface area (Å²) in [5.41, 5.74) is 3.25. The van der Waals surface area contributed by atoms with Gasteiger partial charge in [-0.05, 0) is 72.7 Å². The van der Waals surface area contributed by atoms with Crippen LogP contribution < -0.4 is 9.46 Å². The lowest BCUT2D eigenvalue weighted by molar-refractivity contribution is 0.306. The molecule has 0 fully saturated rings. The van der Waals surface area contributed by atoms with Gasteiger partial charge in [-0.15, -0.1) is 11.3 Å². The quantitative estimate of drug-likeness (QED) is 0.640. The summed E-state index contributed by atoms with van der Waals surface area (Å²) >= 11 is 1.27. The number of allylic oxidation sites excluding steroid dienone is 3. The first-order valence-corrected chi connectivity index (χ1v) is 12.6. The molecule has 1 heterocycles. The van der Waals surface area contributed by atoms with Crippen molar-refractivity contribution < 1.29 is 17.9 Å². The van der Waals surface area contributed by atoms with Crippen LogP contribution in [0.2, 0.25) is 0 Å². The minimum atomic E-state index is -3.66. The topological polar surface area (TPSA) is 64.6 Å². The molecule has 1 aromatic carbocycles. The molecule has 7 heteroatoms. The zero-order valence-electron chi connectivity index (χ0n) is 17.9. The van der Waals surface area contributed by atoms with Gasteiger partial charge in [0.15, 0.2) is 0 Å². The van der Waals surface area contributed by atoms with Gasteiger partial charge >= 0.3 is 0 Å². The second kappa shape index (κ2) is 9.02. The van der Waals surface area contributed by atoms with Gasteiger partial charge in [0.2, 0.25) is 0 Å². The van der Waals surface area contributed by atoms with E-state index in [1.807, 2.05) is 42.5 Å². The molecule has 0 aliphatic heterocycles. The standard InChI is InChI=1S/C24H27NO4S2/c1-16-12-17-6-4-9-20(29-3)15-21(17)22(13-16)25-31(26,27)24-11-10-23(30-24)18-7-5-8-19(14-18)28-2/h4-5,7-11,14-16,22,25H,6,12-13H2,1-3H3. The molecule has 2 atom stereocenters. The van der Waals surface area contributed by atoms with E-state index < -0.39 is 10.0 Å². The molecular formula is C24H27NO4S2. The molecule has 0 radical (unpaired) electrons. The third kappa shape index (κ3) is 4.79. The largest absolute Gasteiger partial charge is 0.497 e. The van der Waals surface area contributed by atoms with Crippen molar-refractivity contribution in [2.24, 2.45) is 5.92 Å². The first kappa shape index (κ1) is 21.9. The van der Waals surface area contributed by atoms with Crippen molar-refractivity contribution in [3.8, 4) is 16.2 Å². The van der Waals surface area contributed by atoms with Crippen LogP contribution in [0.25, 0.3) is 10.4 Å². The van der Waals surface area contributed by atoms with Gasteiger partial charge in [0.1, 0.15) is 15.7 Å². The monoisotopic (exact) mass is 457 g/mol. The molecule has 0 bridgehead atoms. The van der Waals surface area contributed by atoms with Crippen molar-refractivity contribution >= 4 is 21.4 Å². The van der Waals surface area contributed by atoms with Gasteiger partial charge < -0.3 is 9.47 Å². The molecule has 2 aromatic rings. The van der Waals surface area contributed by atoms with Gasteiger partial charge in [-0.2, -0.15) is 0 Å². The zero-order valence-corrected chi connectivity index (χ0v) is 19.6. The number of methoxy groups -OCH3 is 2. The summed E-state index contributed by atoms with van der Waals surface area (Å²) in [6.07, 6.45) is 8.58. The summed E-state index contributed by atoms with van der Waals surface area (Å²) in [5, 5.41) is 0. The van der Waals surface area contributed by atoms with Crippen LogP contribution in [0.15, 0.2) is 75.7 Å². The zero-order chi connectivity index (χ0) is 22.0. The van der Waals surface area contributed by atoms with Crippen molar-refractivity contribution in [2.75, 3.05) is 14.2 Å². The molecule has 0 saturated carbocycles. The van der Waals surface area contributed by atoms with Gasteiger partial charge in [-0.25, -0.2) is 13.1 Å².